The van der Waals surface area contributed by atoms with E-state index in [0.29, 0.717) is 24.3 Å². The van der Waals surface area contributed by atoms with E-state index in [1.807, 2.05) is 24.3 Å². The van der Waals surface area contributed by atoms with Gasteiger partial charge in [0.15, 0.2) is 0 Å². The van der Waals surface area contributed by atoms with Crippen molar-refractivity contribution in [1.29, 1.82) is 0 Å². The molecule has 1 aromatic carbocycles. The van der Waals surface area contributed by atoms with Gasteiger partial charge in [-0.25, -0.2) is 0 Å². The first-order chi connectivity index (χ1) is 19.2. The Hall–Kier alpha value is -0.920. The minimum atomic E-state index is -1.01. The topological polar surface area (TPSA) is 110 Å². The van der Waals surface area contributed by atoms with E-state index < -0.39 is 18.2 Å². The van der Waals surface area contributed by atoms with E-state index in [9.17, 15) is 24.9 Å². The minimum absolute atomic E-state index is 0. The average Bonchev–Trinajstić information content (AvgIpc) is 3.26. The normalized spacial score (nSPS) is 40.1. The Bertz CT molecular complexity index is 1130. The molecule has 0 radical (unpaired) electrons. The molecule has 0 heterocycles. The maximum atomic E-state index is 13.1. The number of carbonyl (C=O) groups excluding carboxylic acids is 2. The molecule has 11 atom stereocenters. The third-order valence-corrected chi connectivity index (χ3v) is 12.7. The predicted molar refractivity (Wildman–Crippen MR) is 158 cm³/mol. The summed E-state index contributed by atoms with van der Waals surface area (Å²) < 4.78 is 0. The van der Waals surface area contributed by atoms with Gasteiger partial charge < -0.3 is 25.4 Å². The van der Waals surface area contributed by atoms with Crippen LogP contribution in [0.4, 0.5) is 0 Å². The number of benzene rings is 1. The third kappa shape index (κ3) is 6.01. The third-order valence-electron chi connectivity index (χ3n) is 12.7. The second-order valence-electron chi connectivity index (χ2n) is 15.8. The molecule has 6 nitrogen and oxygen atoms in total. The Morgan fingerprint density at radius 1 is 1.02 bits per heavy atom. The summed E-state index contributed by atoms with van der Waals surface area (Å²) in [5.74, 6) is 0.379. The number of carboxylic acids is 1. The number of aliphatic hydroxyl groups is 2. The van der Waals surface area contributed by atoms with Crippen molar-refractivity contribution in [2.75, 3.05) is 0 Å². The molecule has 7 heteroatoms. The van der Waals surface area contributed by atoms with Crippen molar-refractivity contribution >= 4 is 11.9 Å². The van der Waals surface area contributed by atoms with Gasteiger partial charge in [0.2, 0.25) is 0 Å². The van der Waals surface area contributed by atoms with E-state index in [4.69, 9.17) is 0 Å². The Balaban J connectivity index is 0.00000405. The van der Waals surface area contributed by atoms with E-state index in [0.717, 1.165) is 38.5 Å². The molecule has 42 heavy (non-hydrogen) atoms. The monoisotopic (exact) mass is 589 g/mol. The van der Waals surface area contributed by atoms with Crippen LogP contribution in [0.15, 0.2) is 24.3 Å². The summed E-state index contributed by atoms with van der Waals surface area (Å²) >= 11 is 0. The fourth-order valence-corrected chi connectivity index (χ4v) is 10.2. The summed E-state index contributed by atoms with van der Waals surface area (Å²) in [6, 6.07) is 8.03. The van der Waals surface area contributed by atoms with Crippen molar-refractivity contribution in [2.45, 2.75) is 123 Å². The van der Waals surface area contributed by atoms with Crippen LogP contribution in [0.1, 0.15) is 115 Å². The van der Waals surface area contributed by atoms with Crippen LogP contribution in [-0.4, -0.2) is 40.3 Å². The predicted octanol–water partition coefficient (Wildman–Crippen LogP) is 1.85. The van der Waals surface area contributed by atoms with Gasteiger partial charge in [0.25, 0.3) is 5.91 Å². The van der Waals surface area contributed by atoms with Crippen molar-refractivity contribution in [3.05, 3.63) is 35.4 Å². The van der Waals surface area contributed by atoms with Crippen molar-refractivity contribution in [2.24, 2.45) is 46.3 Å². The van der Waals surface area contributed by atoms with E-state index in [-0.39, 0.29) is 93.8 Å². The van der Waals surface area contributed by atoms with Gasteiger partial charge in [-0.1, -0.05) is 53.7 Å². The van der Waals surface area contributed by atoms with Gasteiger partial charge in [-0.2, -0.15) is 0 Å². The zero-order valence-electron chi connectivity index (χ0n) is 27.0. The first kappa shape index (κ1) is 34.0. The van der Waals surface area contributed by atoms with Crippen molar-refractivity contribution in [3.8, 4) is 0 Å². The second-order valence-corrected chi connectivity index (χ2v) is 15.8. The summed E-state index contributed by atoms with van der Waals surface area (Å²) in [7, 11) is 0. The van der Waals surface area contributed by atoms with Gasteiger partial charge in [-0.3, -0.25) is 4.79 Å². The zero-order valence-corrected chi connectivity index (χ0v) is 29.0. The number of carbonyl (C=O) groups is 2. The molecule has 4 saturated carbocycles. The molecule has 0 aliphatic heterocycles. The van der Waals surface area contributed by atoms with Crippen molar-refractivity contribution in [1.82, 2.24) is 5.32 Å². The number of hydrogen-bond acceptors (Lipinski definition) is 5. The molecule has 1 unspecified atom stereocenters. The zero-order chi connectivity index (χ0) is 29.9. The molecule has 1 amide bonds. The minimum Gasteiger partial charge on any atom is -0.550 e. The fraction of sp³-hybridized carbons (Fsp3) is 0.771. The molecule has 0 bridgehead atoms. The van der Waals surface area contributed by atoms with Crippen LogP contribution < -0.4 is 40.0 Å². The Morgan fingerprint density at radius 2 is 1.69 bits per heavy atom. The summed E-state index contributed by atoms with van der Waals surface area (Å²) in [6.45, 7) is 13.2. The van der Waals surface area contributed by atoms with E-state index in [2.05, 4.69) is 46.9 Å². The van der Waals surface area contributed by atoms with Crippen LogP contribution in [0.3, 0.4) is 0 Å². The number of aliphatic hydroxyl groups excluding tert-OH is 2. The maximum Gasteiger partial charge on any atom is 1.00 e. The smallest absolute Gasteiger partial charge is 0.550 e. The molecule has 5 rings (SSSR count). The first-order valence-corrected chi connectivity index (χ1v) is 16.1. The summed E-state index contributed by atoms with van der Waals surface area (Å²) in [4.78, 5) is 24.3. The molecule has 0 spiro atoms. The molecule has 0 saturated heterocycles. The van der Waals surface area contributed by atoms with Crippen LogP contribution in [0.2, 0.25) is 0 Å². The van der Waals surface area contributed by atoms with Crippen LogP contribution in [-0.2, 0) is 10.2 Å². The average molecular weight is 590 g/mol. The van der Waals surface area contributed by atoms with E-state index in [1.165, 1.54) is 5.56 Å². The van der Waals surface area contributed by atoms with Gasteiger partial charge >= 0.3 is 29.6 Å². The van der Waals surface area contributed by atoms with Gasteiger partial charge in [-0.05, 0) is 127 Å². The van der Waals surface area contributed by atoms with Gasteiger partial charge in [0.1, 0.15) is 0 Å². The first-order valence-electron chi connectivity index (χ1n) is 16.1. The molecular formula is C35H52NNaO5. The summed E-state index contributed by atoms with van der Waals surface area (Å²) in [5.41, 5.74) is 1.67. The number of amides is 1. The molecule has 4 aliphatic rings. The van der Waals surface area contributed by atoms with Crippen molar-refractivity contribution in [3.63, 3.8) is 0 Å². The number of fused-ring (bicyclic) bond motifs is 5. The van der Waals surface area contributed by atoms with E-state index in [1.54, 1.807) is 0 Å². The number of nitrogens with one attached hydrogen (secondary N) is 1. The van der Waals surface area contributed by atoms with Gasteiger partial charge in [-0.15, -0.1) is 0 Å². The second kappa shape index (κ2) is 12.5. The Labute approximate surface area is 275 Å². The molecule has 4 fully saturated rings. The maximum absolute atomic E-state index is 13.1. The SMILES string of the molecule is C[C@H](CCC(=O)[O-])[C@H]1CC[C@H]2[C@@H]3[C@H](O)CC4C[C@@H](NC(=O)c5ccc(C(C)(C)C)cc5)CC[C@]4(C)[C@H]3C[C@H](O)[C@]12C.[Na+]. The van der Waals surface area contributed by atoms with Crippen LogP contribution in [0, 0.1) is 46.3 Å². The van der Waals surface area contributed by atoms with Gasteiger partial charge in [0.05, 0.1) is 12.2 Å². The number of aliphatic carboxylic acids is 1. The molecule has 3 N–H and O–H groups in total. The molecular weight excluding hydrogens is 537 g/mol. The van der Waals surface area contributed by atoms with Crippen LogP contribution in [0.5, 0.6) is 0 Å². The van der Waals surface area contributed by atoms with E-state index >= 15 is 0 Å². The van der Waals surface area contributed by atoms with Crippen LogP contribution >= 0.6 is 0 Å². The Kier molecular flexibility index (Phi) is 10.1. The van der Waals surface area contributed by atoms with Crippen LogP contribution in [0.25, 0.3) is 0 Å². The number of rotatable bonds is 6. The fourth-order valence-electron chi connectivity index (χ4n) is 10.2. The molecule has 4 aliphatic carbocycles. The number of hydrogen-bond donors (Lipinski definition) is 3. The summed E-state index contributed by atoms with van der Waals surface area (Å²) in [5, 5.41) is 37.9. The molecule has 228 valence electrons. The summed E-state index contributed by atoms with van der Waals surface area (Å²) in [6.07, 6.45) is 5.95. The standard InChI is InChI=1S/C35H53NO5.Na/c1-20(7-14-30(39)40)25-12-13-26-31-27(19-29(38)35(25,26)6)34(5)16-15-24(17-23(34)18-28(31)37)36-32(41)21-8-10-22(11-9-21)33(2,3)4;/h8-11,20,23-29,31,37-38H,7,12-19H2,1-6H3,(H,36,41)(H,39,40);/q;+1/p-1/t20-,23?,24+,25-,26+,27+,28-,29+,31+,34+,35-;/m1./s1. The Morgan fingerprint density at radius 3 is 2.31 bits per heavy atom. The number of carboxylic acid groups (broad SMARTS) is 1. The van der Waals surface area contributed by atoms with Gasteiger partial charge in [0, 0.05) is 17.6 Å². The molecule has 0 aromatic heterocycles. The largest absolute Gasteiger partial charge is 1.00 e. The molecule has 1 aromatic rings. The van der Waals surface area contributed by atoms with Crippen molar-refractivity contribution < 1.29 is 54.5 Å². The quantitative estimate of drug-likeness (QED) is 0.439.